The Balaban J connectivity index is 0. The van der Waals surface area contributed by atoms with E-state index >= 15 is 0 Å². The van der Waals surface area contributed by atoms with Gasteiger partial charge in [0, 0.05) is 0 Å². The van der Waals surface area contributed by atoms with Crippen LogP contribution in [0.1, 0.15) is 0 Å². The van der Waals surface area contributed by atoms with E-state index in [9.17, 15) is 0 Å². The van der Waals surface area contributed by atoms with Crippen molar-refractivity contribution in [3.05, 3.63) is 6.15 Å². The number of nitrogens with zero attached hydrogens (tertiary/aromatic N) is 1. The molecule has 0 aromatic carbocycles. The molecule has 0 aromatic rings. The summed E-state index contributed by atoms with van der Waals surface area (Å²) >= 11 is 0. The Morgan fingerprint density at radius 3 is 0.600 bits per heavy atom. The zero-order valence-corrected chi connectivity index (χ0v) is 5.91. The molecular weight excluding hydrogens is 222 g/mol. The molecule has 0 aliphatic heterocycles. The van der Waals surface area contributed by atoms with Crippen molar-refractivity contribution in [1.29, 1.82) is 0 Å². The van der Waals surface area contributed by atoms with Gasteiger partial charge in [0.25, 0.3) is 0 Å². The van der Waals surface area contributed by atoms with Gasteiger partial charge in [-0.3, -0.25) is 0 Å². The molecule has 0 aliphatic carbocycles. The van der Waals surface area contributed by atoms with Crippen molar-refractivity contribution in [2.24, 2.45) is 0 Å². The normalized spacial score (nSPS) is 0. The summed E-state index contributed by atoms with van der Waals surface area (Å²) < 4.78 is 0. The fourth-order valence-electron chi connectivity index (χ4n) is 0. The first-order valence-electron chi connectivity index (χ1n) is 0. The first kappa shape index (κ1) is 66.2. The third-order valence-corrected chi connectivity index (χ3v) is 0. The van der Waals surface area contributed by atoms with E-state index in [1.807, 2.05) is 0 Å². The summed E-state index contributed by atoms with van der Waals surface area (Å²) in [5.41, 5.74) is 0. The second-order valence-corrected chi connectivity index (χ2v) is 0. The Morgan fingerprint density at radius 1 is 0.600 bits per heavy atom. The topological polar surface area (TPSA) is 30.5 Å². The van der Waals surface area contributed by atoms with E-state index in [2.05, 4.69) is 0 Å². The van der Waals surface area contributed by atoms with Gasteiger partial charge in [0.15, 0.2) is 0 Å². The molecule has 1 nitrogen and oxygen atoms in total. The van der Waals surface area contributed by atoms with Crippen LogP contribution >= 0.6 is 9.90 Å². The number of hydrogen-bond acceptors (Lipinski definition) is 0. The van der Waals surface area contributed by atoms with Crippen molar-refractivity contribution in [3.63, 3.8) is 0 Å². The third kappa shape index (κ3) is 24.8. The largest absolute Gasteiger partial charge is 3.00 e. The molecule has 0 saturated carbocycles. The van der Waals surface area contributed by atoms with E-state index in [4.69, 9.17) is 0 Å². The maximum atomic E-state index is 0. The van der Waals surface area contributed by atoms with Gasteiger partial charge in [0.2, 0.25) is 0 Å². The molecule has 3 radical (unpaired) electrons. The Bertz CT molecular complexity index is 6.85. The van der Waals surface area contributed by atoms with Crippen molar-refractivity contribution in [2.45, 2.75) is 0 Å². The maximum absolute atomic E-state index is 0. The Labute approximate surface area is 66.2 Å². The van der Waals surface area contributed by atoms with Crippen LogP contribution in [-0.4, -0.2) is 0 Å². The molecule has 0 amide bonds. The zero-order valence-electron chi connectivity index (χ0n) is 1.89. The van der Waals surface area contributed by atoms with Crippen LogP contribution in [0.4, 0.5) is 0 Å². The predicted molar refractivity (Wildman–Crippen MR) is 10.3 cm³/mol. The Hall–Kier alpha value is 1.91. The number of hydrogen-bond donors (Lipinski definition) is 0. The standard InChI is InChI=1S/3Co.N.P/q3*+2;2*-3. The van der Waals surface area contributed by atoms with Gasteiger partial charge < -0.3 is 16.0 Å². The molecule has 5 heteroatoms. The second kappa shape index (κ2) is 39.1. The summed E-state index contributed by atoms with van der Waals surface area (Å²) in [6.07, 6.45) is 0. The third-order valence-electron chi connectivity index (χ3n) is 0. The molecule has 0 saturated heterocycles. The monoisotopic (exact) mass is 222 g/mol. The summed E-state index contributed by atoms with van der Waals surface area (Å²) in [5, 5.41) is 0. The quantitative estimate of drug-likeness (QED) is 0.550. The summed E-state index contributed by atoms with van der Waals surface area (Å²) in [6.45, 7) is 0. The van der Waals surface area contributed by atoms with Crippen molar-refractivity contribution in [3.8, 4) is 0 Å². The summed E-state index contributed by atoms with van der Waals surface area (Å²) in [4.78, 5) is 0. The van der Waals surface area contributed by atoms with Crippen molar-refractivity contribution in [2.75, 3.05) is 0 Å². The Morgan fingerprint density at radius 2 is 0.600 bits per heavy atom. The molecule has 0 heterocycles. The Kier molecular flexibility index (Phi) is 517. The molecule has 0 unspecified atom stereocenters. The van der Waals surface area contributed by atoms with E-state index in [0.717, 1.165) is 0 Å². The predicted octanol–water partition coefficient (Wildman–Crippen LogP) is 1.14. The van der Waals surface area contributed by atoms with E-state index in [1.54, 1.807) is 0 Å². The average molecular weight is 222 g/mol. The molecule has 5 heavy (non-hydrogen) atoms. The van der Waals surface area contributed by atoms with Gasteiger partial charge in [0.1, 0.15) is 0 Å². The van der Waals surface area contributed by atoms with E-state index in [0.29, 0.717) is 0 Å². The van der Waals surface area contributed by atoms with Gasteiger partial charge in [-0.15, -0.1) is 0 Å². The van der Waals surface area contributed by atoms with Crippen LogP contribution in [0.2, 0.25) is 0 Å². The van der Waals surface area contributed by atoms with Crippen molar-refractivity contribution in [1.82, 2.24) is 0 Å². The molecular formula is Co3NP. The van der Waals surface area contributed by atoms with Gasteiger partial charge in [-0.1, -0.05) is 0 Å². The second-order valence-electron chi connectivity index (χ2n) is 0. The van der Waals surface area contributed by atoms with Crippen LogP contribution in [0.3, 0.4) is 0 Å². The molecule has 0 rings (SSSR count). The van der Waals surface area contributed by atoms with E-state index < -0.39 is 0 Å². The summed E-state index contributed by atoms with van der Waals surface area (Å²) in [7, 11) is 0. The molecule has 0 aliphatic rings. The minimum atomic E-state index is 0. The maximum Gasteiger partial charge on any atom is 2.00 e. The molecule has 0 aromatic heterocycles. The zero-order chi connectivity index (χ0) is 0. The van der Waals surface area contributed by atoms with Crippen LogP contribution in [0.5, 0.6) is 0 Å². The summed E-state index contributed by atoms with van der Waals surface area (Å²) in [5.74, 6) is 0. The van der Waals surface area contributed by atoms with Crippen LogP contribution < -0.4 is 0 Å². The van der Waals surface area contributed by atoms with Crippen LogP contribution in [-0.2, 0) is 50.3 Å². The van der Waals surface area contributed by atoms with Gasteiger partial charge in [-0.2, -0.15) is 0 Å². The molecule has 0 atom stereocenters. The summed E-state index contributed by atoms with van der Waals surface area (Å²) in [6, 6.07) is 0. The molecule has 0 N–H and O–H groups in total. The SMILES string of the molecule is [Co+2].[Co+2].[Co+2].[N-3].[P-3]. The smallest absolute Gasteiger partial charge is 2.00 e. The average Bonchev–Trinajstić information content (AvgIpc) is 0. The minimum absolute atomic E-state index is 0. The van der Waals surface area contributed by atoms with Crippen molar-refractivity contribution >= 4 is 9.90 Å². The van der Waals surface area contributed by atoms with Crippen LogP contribution in [0.25, 0.3) is 6.15 Å². The fourth-order valence-corrected chi connectivity index (χ4v) is 0. The molecule has 0 spiro atoms. The van der Waals surface area contributed by atoms with E-state index in [1.165, 1.54) is 0 Å². The fraction of sp³-hybridized carbons (Fsp3) is 0. The first-order valence-corrected chi connectivity index (χ1v) is 0. The van der Waals surface area contributed by atoms with Crippen LogP contribution in [0.15, 0.2) is 0 Å². The molecule has 0 bridgehead atoms. The minimum Gasteiger partial charge on any atom is -3.00 e. The first-order chi connectivity index (χ1) is 0. The van der Waals surface area contributed by atoms with Gasteiger partial charge in [-0.05, 0) is 0 Å². The van der Waals surface area contributed by atoms with Crippen LogP contribution in [0, 0.1) is 0 Å². The number of rotatable bonds is 0. The molecule has 0 fully saturated rings. The van der Waals surface area contributed by atoms with Gasteiger partial charge >= 0.3 is 50.3 Å². The molecule has 37 valence electrons. The van der Waals surface area contributed by atoms with Gasteiger partial charge in [0.05, 0.1) is 0 Å². The van der Waals surface area contributed by atoms with Crippen molar-refractivity contribution < 1.29 is 50.3 Å². The van der Waals surface area contributed by atoms with Gasteiger partial charge in [-0.25, -0.2) is 0 Å². The van der Waals surface area contributed by atoms with E-state index in [-0.39, 0.29) is 66.4 Å².